The van der Waals surface area contributed by atoms with Crippen LogP contribution in [0.3, 0.4) is 0 Å². The van der Waals surface area contributed by atoms with E-state index in [1.54, 1.807) is 0 Å². The van der Waals surface area contributed by atoms with Crippen molar-refractivity contribution in [3.8, 4) is 0 Å². The van der Waals surface area contributed by atoms with Gasteiger partial charge in [-0.1, -0.05) is 77.6 Å². The number of primary amides is 1. The van der Waals surface area contributed by atoms with Crippen molar-refractivity contribution >= 4 is 17.9 Å². The van der Waals surface area contributed by atoms with E-state index in [-0.39, 0.29) is 0 Å². The van der Waals surface area contributed by atoms with Crippen LogP contribution in [0.5, 0.6) is 0 Å². The van der Waals surface area contributed by atoms with Crippen LogP contribution in [0.25, 0.3) is 0 Å². The number of amides is 3. The van der Waals surface area contributed by atoms with Crippen LogP contribution in [-0.4, -0.2) is 35.6 Å². The Morgan fingerprint density at radius 3 is 1.73 bits per heavy atom. The zero-order valence-electron chi connectivity index (χ0n) is 16.2. The van der Waals surface area contributed by atoms with Gasteiger partial charge in [-0.25, -0.2) is 9.59 Å². The first-order valence-electron chi connectivity index (χ1n) is 10.0. The van der Waals surface area contributed by atoms with Crippen LogP contribution in [0.4, 0.5) is 4.79 Å². The van der Waals surface area contributed by atoms with Gasteiger partial charge >= 0.3 is 12.0 Å². The third kappa shape index (κ3) is 15.7. The molecule has 0 fully saturated rings. The van der Waals surface area contributed by atoms with Gasteiger partial charge in [-0.3, -0.25) is 4.79 Å². The lowest BCUT2D eigenvalue weighted by Gasteiger charge is -2.13. The number of rotatable bonds is 17. The number of nitrogens with two attached hydrogens (primary N) is 1. The zero-order valence-corrected chi connectivity index (χ0v) is 16.2. The Morgan fingerprint density at radius 1 is 0.846 bits per heavy atom. The first-order valence-corrected chi connectivity index (χ1v) is 10.0. The topological polar surface area (TPSA) is 122 Å². The number of carboxylic acid groups (broad SMARTS) is 1. The van der Waals surface area contributed by atoms with Gasteiger partial charge in [0.1, 0.15) is 6.04 Å². The van der Waals surface area contributed by atoms with Crippen LogP contribution in [0.2, 0.25) is 0 Å². The van der Waals surface area contributed by atoms with Crippen molar-refractivity contribution in [3.05, 3.63) is 0 Å². The van der Waals surface area contributed by atoms with Crippen LogP contribution in [0.1, 0.15) is 90.4 Å². The molecule has 152 valence electrons. The monoisotopic (exact) mass is 371 g/mol. The summed E-state index contributed by atoms with van der Waals surface area (Å²) in [6.07, 6.45) is 14.5. The molecule has 7 heteroatoms. The molecule has 26 heavy (non-hydrogen) atoms. The minimum absolute atomic E-state index is 0.415. The predicted molar refractivity (Wildman–Crippen MR) is 103 cm³/mol. The molecule has 0 aromatic carbocycles. The number of hydrogen-bond donors (Lipinski definition) is 4. The Labute approximate surface area is 157 Å². The fourth-order valence-electron chi connectivity index (χ4n) is 2.78. The normalized spacial score (nSPS) is 11.7. The molecule has 7 nitrogen and oxygen atoms in total. The van der Waals surface area contributed by atoms with Crippen LogP contribution < -0.4 is 16.4 Å². The number of nitrogens with one attached hydrogen (secondary N) is 2. The molecule has 3 amide bonds. The molecule has 0 rings (SSSR count). The number of aliphatic carboxylic acids is 1. The molecule has 0 aromatic rings. The molecular weight excluding hydrogens is 334 g/mol. The van der Waals surface area contributed by atoms with Gasteiger partial charge in [-0.2, -0.15) is 0 Å². The minimum Gasteiger partial charge on any atom is -0.480 e. The Bertz CT molecular complexity index is 402. The fraction of sp³-hybridized carbons (Fsp3) is 0.842. The van der Waals surface area contributed by atoms with E-state index in [1.165, 1.54) is 57.8 Å². The van der Waals surface area contributed by atoms with E-state index >= 15 is 0 Å². The van der Waals surface area contributed by atoms with Crippen LogP contribution in [0.15, 0.2) is 0 Å². The lowest BCUT2D eigenvalue weighted by Crippen LogP contribution is -2.47. The molecule has 5 N–H and O–H groups in total. The maximum Gasteiger partial charge on any atom is 0.326 e. The summed E-state index contributed by atoms with van der Waals surface area (Å²) in [5.74, 6) is -2.04. The molecule has 0 radical (unpaired) electrons. The highest BCUT2D eigenvalue weighted by Gasteiger charge is 2.21. The van der Waals surface area contributed by atoms with E-state index in [0.29, 0.717) is 6.54 Å². The third-order valence-corrected chi connectivity index (χ3v) is 4.32. The smallest absolute Gasteiger partial charge is 0.326 e. The SMILES string of the molecule is CCCCCCCCCCCCCCNC(=O)N[C@@H](CC(N)=O)C(=O)O. The molecule has 0 aliphatic carbocycles. The van der Waals surface area contributed by atoms with Gasteiger partial charge in [-0.15, -0.1) is 0 Å². The second kappa shape index (κ2) is 16.7. The van der Waals surface area contributed by atoms with E-state index in [9.17, 15) is 14.4 Å². The van der Waals surface area contributed by atoms with Crippen LogP contribution >= 0.6 is 0 Å². The van der Waals surface area contributed by atoms with Gasteiger partial charge in [0.2, 0.25) is 5.91 Å². The summed E-state index contributed by atoms with van der Waals surface area (Å²) in [6, 6.07) is -1.86. The van der Waals surface area contributed by atoms with Crippen molar-refractivity contribution in [2.24, 2.45) is 5.73 Å². The van der Waals surface area contributed by atoms with Crippen LogP contribution in [-0.2, 0) is 9.59 Å². The maximum atomic E-state index is 11.6. The van der Waals surface area contributed by atoms with Gasteiger partial charge in [0, 0.05) is 6.54 Å². The number of carbonyl (C=O) groups is 3. The molecule has 0 aromatic heterocycles. The van der Waals surface area contributed by atoms with Gasteiger partial charge in [0.05, 0.1) is 6.42 Å². The van der Waals surface area contributed by atoms with Crippen molar-refractivity contribution in [1.29, 1.82) is 0 Å². The zero-order chi connectivity index (χ0) is 19.6. The van der Waals surface area contributed by atoms with Gasteiger partial charge in [-0.05, 0) is 6.42 Å². The van der Waals surface area contributed by atoms with Gasteiger partial charge in [0.25, 0.3) is 0 Å². The first-order chi connectivity index (χ1) is 12.5. The summed E-state index contributed by atoms with van der Waals surface area (Å²) < 4.78 is 0. The molecule has 0 aliphatic heterocycles. The van der Waals surface area contributed by atoms with E-state index in [0.717, 1.165) is 19.3 Å². The number of carbonyl (C=O) groups excluding carboxylic acids is 2. The highest BCUT2D eigenvalue weighted by molar-refractivity contribution is 5.87. The Balaban J connectivity index is 3.47. The van der Waals surface area contributed by atoms with Crippen molar-refractivity contribution in [3.63, 3.8) is 0 Å². The first kappa shape index (κ1) is 24.2. The Morgan fingerprint density at radius 2 is 1.31 bits per heavy atom. The average molecular weight is 372 g/mol. The van der Waals surface area contributed by atoms with E-state index in [2.05, 4.69) is 17.6 Å². The molecule has 1 atom stereocenters. The summed E-state index contributed by atoms with van der Waals surface area (Å²) >= 11 is 0. The summed E-state index contributed by atoms with van der Waals surface area (Å²) in [6.45, 7) is 2.73. The lowest BCUT2D eigenvalue weighted by atomic mass is 10.1. The van der Waals surface area contributed by atoms with Crippen molar-refractivity contribution in [2.45, 2.75) is 96.4 Å². The van der Waals surface area contributed by atoms with E-state index in [1.807, 2.05) is 0 Å². The van der Waals surface area contributed by atoms with Crippen molar-refractivity contribution in [1.82, 2.24) is 10.6 Å². The number of hydrogen-bond acceptors (Lipinski definition) is 3. The van der Waals surface area contributed by atoms with Crippen LogP contribution in [0, 0.1) is 0 Å². The quantitative estimate of drug-likeness (QED) is 0.293. The highest BCUT2D eigenvalue weighted by atomic mass is 16.4. The second-order valence-corrected chi connectivity index (χ2v) is 6.85. The maximum absolute atomic E-state index is 11.6. The van der Waals surface area contributed by atoms with E-state index in [4.69, 9.17) is 10.8 Å². The summed E-state index contributed by atoms with van der Waals surface area (Å²) in [7, 11) is 0. The summed E-state index contributed by atoms with van der Waals surface area (Å²) in [5, 5.41) is 13.8. The Hall–Kier alpha value is -1.79. The number of urea groups is 1. The van der Waals surface area contributed by atoms with Crippen molar-refractivity contribution < 1.29 is 19.5 Å². The molecule has 0 saturated carbocycles. The molecule has 0 heterocycles. The third-order valence-electron chi connectivity index (χ3n) is 4.32. The minimum atomic E-state index is -1.28. The lowest BCUT2D eigenvalue weighted by molar-refractivity contribution is -0.140. The molecule has 0 bridgehead atoms. The van der Waals surface area contributed by atoms with Crippen molar-refractivity contribution in [2.75, 3.05) is 6.54 Å². The molecule has 0 aliphatic rings. The number of unbranched alkanes of at least 4 members (excludes halogenated alkanes) is 11. The summed E-state index contributed by atoms with van der Waals surface area (Å²) in [4.78, 5) is 33.3. The standard InChI is InChI=1S/C19H37N3O4/c1-2-3-4-5-6-7-8-9-10-11-12-13-14-21-19(26)22-16(18(24)25)15-17(20)23/h16H,2-15H2,1H3,(H2,20,23)(H,24,25)(H2,21,22,26)/t16-/m0/s1. The second-order valence-electron chi connectivity index (χ2n) is 6.85. The predicted octanol–water partition coefficient (Wildman–Crippen LogP) is 3.32. The van der Waals surface area contributed by atoms with E-state index < -0.39 is 30.4 Å². The molecule has 0 unspecified atom stereocenters. The molecule has 0 spiro atoms. The van der Waals surface area contributed by atoms with Gasteiger partial charge in [0.15, 0.2) is 0 Å². The highest BCUT2D eigenvalue weighted by Crippen LogP contribution is 2.11. The Kier molecular flexibility index (Phi) is 15.5. The largest absolute Gasteiger partial charge is 0.480 e. The fourth-order valence-corrected chi connectivity index (χ4v) is 2.78. The van der Waals surface area contributed by atoms with Gasteiger partial charge < -0.3 is 21.5 Å². The summed E-state index contributed by atoms with van der Waals surface area (Å²) in [5.41, 5.74) is 4.96. The number of carboxylic acids is 1. The molecule has 0 saturated heterocycles. The molecular formula is C19H37N3O4. The average Bonchev–Trinajstić information content (AvgIpc) is 2.58.